The molecule has 10 heteroatoms. The summed E-state index contributed by atoms with van der Waals surface area (Å²) in [6.07, 6.45) is 7.55. The summed E-state index contributed by atoms with van der Waals surface area (Å²) in [6, 6.07) is 8.98. The fraction of sp³-hybridized carbons (Fsp3) is 0.444. The van der Waals surface area contributed by atoms with Crippen molar-refractivity contribution in [3.8, 4) is 0 Å². The average Bonchev–Trinajstić information content (AvgIpc) is 3.55. The van der Waals surface area contributed by atoms with Crippen molar-refractivity contribution in [1.29, 1.82) is 0 Å². The molecule has 0 bridgehead atoms. The SMILES string of the molecule is CC[C@@H]1CC(NS(=O)(=O)C2CC2)C[C@@H]1Nc1c(N)cnc2c1ccn2C(=O)C(C=O)c1ccc(C)cc1. The number of nitrogens with one attached hydrogen (secondary N) is 2. The Morgan fingerprint density at radius 1 is 1.22 bits per heavy atom. The second-order valence-corrected chi connectivity index (χ2v) is 12.3. The Hall–Kier alpha value is -3.24. The molecule has 4 N–H and O–H groups in total. The summed E-state index contributed by atoms with van der Waals surface area (Å²) >= 11 is 0. The van der Waals surface area contributed by atoms with Crippen LogP contribution in [0.25, 0.3) is 11.0 Å². The molecule has 0 spiro atoms. The Kier molecular flexibility index (Phi) is 6.80. The predicted octanol–water partition coefficient (Wildman–Crippen LogP) is 3.60. The van der Waals surface area contributed by atoms with Crippen LogP contribution in [-0.2, 0) is 14.8 Å². The maximum absolute atomic E-state index is 13.4. The summed E-state index contributed by atoms with van der Waals surface area (Å²) in [6.45, 7) is 4.05. The van der Waals surface area contributed by atoms with Crippen LogP contribution in [0.15, 0.2) is 42.7 Å². The van der Waals surface area contributed by atoms with Crippen LogP contribution in [0.5, 0.6) is 0 Å². The van der Waals surface area contributed by atoms with Gasteiger partial charge in [0.15, 0.2) is 0 Å². The summed E-state index contributed by atoms with van der Waals surface area (Å²) in [5.41, 5.74) is 9.52. The molecule has 9 nitrogen and oxygen atoms in total. The van der Waals surface area contributed by atoms with Crippen molar-refractivity contribution < 1.29 is 18.0 Å². The van der Waals surface area contributed by atoms with E-state index in [1.165, 1.54) is 10.8 Å². The fourth-order valence-electron chi connectivity index (χ4n) is 5.38. The number of nitrogen functional groups attached to an aromatic ring is 1. The number of nitrogens with two attached hydrogens (primary N) is 1. The molecule has 4 atom stereocenters. The van der Waals surface area contributed by atoms with E-state index in [1.54, 1.807) is 24.4 Å². The minimum Gasteiger partial charge on any atom is -0.396 e. The number of carbonyl (C=O) groups is 2. The molecule has 196 valence electrons. The first-order chi connectivity index (χ1) is 17.7. The zero-order valence-electron chi connectivity index (χ0n) is 21.1. The molecule has 2 aliphatic rings. The molecule has 5 rings (SSSR count). The topological polar surface area (TPSA) is 136 Å². The van der Waals surface area contributed by atoms with Gasteiger partial charge in [0.1, 0.15) is 17.9 Å². The van der Waals surface area contributed by atoms with Gasteiger partial charge in [0.05, 0.1) is 22.8 Å². The number of anilines is 2. The van der Waals surface area contributed by atoms with Gasteiger partial charge < -0.3 is 15.8 Å². The number of sulfonamides is 1. The Bertz CT molecular complexity index is 1430. The molecule has 0 radical (unpaired) electrons. The van der Waals surface area contributed by atoms with E-state index in [0.717, 1.165) is 31.2 Å². The Morgan fingerprint density at radius 3 is 2.59 bits per heavy atom. The van der Waals surface area contributed by atoms with Gasteiger partial charge >= 0.3 is 0 Å². The molecule has 2 aliphatic carbocycles. The van der Waals surface area contributed by atoms with E-state index in [9.17, 15) is 18.0 Å². The van der Waals surface area contributed by atoms with Crippen LogP contribution in [0.1, 0.15) is 60.9 Å². The number of benzene rings is 1. The largest absolute Gasteiger partial charge is 0.396 e. The van der Waals surface area contributed by atoms with Crippen molar-refractivity contribution in [3.05, 3.63) is 53.9 Å². The molecule has 1 aromatic carbocycles. The molecule has 37 heavy (non-hydrogen) atoms. The smallest absolute Gasteiger partial charge is 0.247 e. The molecule has 2 fully saturated rings. The van der Waals surface area contributed by atoms with Gasteiger partial charge in [0.25, 0.3) is 0 Å². The van der Waals surface area contributed by atoms with E-state index in [1.807, 2.05) is 19.1 Å². The van der Waals surface area contributed by atoms with Crippen LogP contribution in [0.3, 0.4) is 0 Å². The molecule has 0 amide bonds. The van der Waals surface area contributed by atoms with Crippen LogP contribution in [0.4, 0.5) is 11.4 Å². The lowest BCUT2D eigenvalue weighted by molar-refractivity contribution is -0.108. The first kappa shape index (κ1) is 25.4. The maximum atomic E-state index is 13.4. The van der Waals surface area contributed by atoms with E-state index in [2.05, 4.69) is 21.9 Å². The molecule has 2 heterocycles. The monoisotopic (exact) mass is 523 g/mol. The normalized spacial score (nSPS) is 22.7. The van der Waals surface area contributed by atoms with Gasteiger partial charge in [-0.1, -0.05) is 43.2 Å². The van der Waals surface area contributed by atoms with Gasteiger partial charge in [-0.05, 0) is 50.2 Å². The number of hydrogen-bond acceptors (Lipinski definition) is 7. The van der Waals surface area contributed by atoms with Crippen molar-refractivity contribution in [2.24, 2.45) is 5.92 Å². The number of fused-ring (bicyclic) bond motifs is 1. The second kappa shape index (κ2) is 9.90. The number of pyridine rings is 1. The molecule has 3 aromatic rings. The van der Waals surface area contributed by atoms with Crippen LogP contribution >= 0.6 is 0 Å². The molecular weight excluding hydrogens is 490 g/mol. The highest BCUT2D eigenvalue weighted by Crippen LogP contribution is 2.37. The lowest BCUT2D eigenvalue weighted by Gasteiger charge is -2.22. The van der Waals surface area contributed by atoms with Gasteiger partial charge in [-0.3, -0.25) is 9.36 Å². The summed E-state index contributed by atoms with van der Waals surface area (Å²) in [5.74, 6) is -1.08. The number of aldehydes is 1. The number of aromatic nitrogens is 2. The first-order valence-corrected chi connectivity index (χ1v) is 14.4. The highest BCUT2D eigenvalue weighted by Gasteiger charge is 2.41. The maximum Gasteiger partial charge on any atom is 0.247 e. The zero-order chi connectivity index (χ0) is 26.3. The Balaban J connectivity index is 1.40. The highest BCUT2D eigenvalue weighted by atomic mass is 32.2. The van der Waals surface area contributed by atoms with Gasteiger partial charge in [-0.2, -0.15) is 0 Å². The van der Waals surface area contributed by atoms with Gasteiger partial charge in [-0.25, -0.2) is 18.1 Å². The summed E-state index contributed by atoms with van der Waals surface area (Å²) in [5, 5.41) is 3.98. The third-order valence-corrected chi connectivity index (χ3v) is 9.67. The number of rotatable bonds is 9. The third-order valence-electron chi connectivity index (χ3n) is 7.66. The van der Waals surface area contributed by atoms with Crippen molar-refractivity contribution in [2.75, 3.05) is 11.1 Å². The van der Waals surface area contributed by atoms with Crippen molar-refractivity contribution in [2.45, 2.75) is 69.2 Å². The van der Waals surface area contributed by atoms with Crippen molar-refractivity contribution >= 4 is 44.6 Å². The van der Waals surface area contributed by atoms with Gasteiger partial charge in [0, 0.05) is 23.7 Å². The quantitative estimate of drug-likeness (QED) is 0.288. The van der Waals surface area contributed by atoms with E-state index < -0.39 is 15.9 Å². The molecule has 0 saturated heterocycles. The molecule has 2 saturated carbocycles. The third kappa shape index (κ3) is 5.00. The minimum atomic E-state index is -3.27. The fourth-order valence-corrected chi connectivity index (χ4v) is 6.99. The Morgan fingerprint density at radius 2 is 1.95 bits per heavy atom. The number of carbonyl (C=O) groups excluding carboxylic acids is 2. The van der Waals surface area contributed by atoms with Crippen LogP contribution in [0.2, 0.25) is 0 Å². The molecule has 2 unspecified atom stereocenters. The first-order valence-electron chi connectivity index (χ1n) is 12.8. The summed E-state index contributed by atoms with van der Waals surface area (Å²) < 4.78 is 29.3. The van der Waals surface area contributed by atoms with Gasteiger partial charge in [0.2, 0.25) is 15.9 Å². The van der Waals surface area contributed by atoms with Crippen LogP contribution < -0.4 is 15.8 Å². The van der Waals surface area contributed by atoms with Gasteiger partial charge in [-0.15, -0.1) is 0 Å². The lowest BCUT2D eigenvalue weighted by Crippen LogP contribution is -2.36. The lowest BCUT2D eigenvalue weighted by atomic mass is 9.98. The van der Waals surface area contributed by atoms with Crippen LogP contribution in [-0.4, -0.2) is 47.5 Å². The summed E-state index contributed by atoms with van der Waals surface area (Å²) in [7, 11) is -3.27. The molecular formula is C27H33N5O4S. The molecule has 2 aromatic heterocycles. The van der Waals surface area contributed by atoms with E-state index in [4.69, 9.17) is 5.73 Å². The molecule has 0 aliphatic heterocycles. The van der Waals surface area contributed by atoms with Crippen LogP contribution in [0, 0.1) is 12.8 Å². The Labute approximate surface area is 216 Å². The number of nitrogens with zero attached hydrogens (tertiary/aromatic N) is 2. The number of aryl methyl sites for hydroxylation is 1. The summed E-state index contributed by atoms with van der Waals surface area (Å²) in [4.78, 5) is 29.7. The van der Waals surface area contributed by atoms with E-state index in [-0.39, 0.29) is 29.2 Å². The standard InChI is InChI=1S/C27H33N5O4S/c1-3-17-12-19(31-37(35,36)20-8-9-20)13-24(17)30-25-21-10-11-32(26(21)29-14-23(25)28)27(34)22(15-33)18-6-4-16(2)5-7-18/h4-7,10-11,14-15,17,19-20,22,24,31H,3,8-9,12-13,28H2,1-2H3,(H,29,30)/t17-,19?,22?,24+/m1/s1. The van der Waals surface area contributed by atoms with Crippen molar-refractivity contribution in [1.82, 2.24) is 14.3 Å². The number of hydrogen-bond donors (Lipinski definition) is 3. The zero-order valence-corrected chi connectivity index (χ0v) is 21.9. The van der Waals surface area contributed by atoms with E-state index >= 15 is 0 Å². The predicted molar refractivity (Wildman–Crippen MR) is 144 cm³/mol. The average molecular weight is 524 g/mol. The highest BCUT2D eigenvalue weighted by molar-refractivity contribution is 7.90. The second-order valence-electron chi connectivity index (χ2n) is 10.3. The van der Waals surface area contributed by atoms with E-state index in [0.29, 0.717) is 40.7 Å². The van der Waals surface area contributed by atoms with Crippen molar-refractivity contribution in [3.63, 3.8) is 0 Å². The minimum absolute atomic E-state index is 0.0131.